The van der Waals surface area contributed by atoms with E-state index in [0.717, 1.165) is 18.4 Å². The van der Waals surface area contributed by atoms with Crippen molar-refractivity contribution in [2.45, 2.75) is 56.6 Å². The maximum Gasteiger partial charge on any atom is 0.259 e. The summed E-state index contributed by atoms with van der Waals surface area (Å²) in [6, 6.07) is 9.47. The molecule has 0 bridgehead atoms. The number of aliphatic hydroxyl groups excluding tert-OH is 1. The van der Waals surface area contributed by atoms with E-state index >= 15 is 0 Å². The van der Waals surface area contributed by atoms with E-state index in [1.54, 1.807) is 4.90 Å². The molecule has 3 rings (SSSR count). The lowest BCUT2D eigenvalue weighted by atomic mass is 9.84. The standard InChI is InChI=1S/C17H23NO4/c1-3-4-10-17-11-22-13(12-8-6-5-7-9-12)18(17)15(20)16(2,21)14(17)19/h5-9,13-14,19,21H,3-4,10-11H2,1-2H3/t13-,14+,16-,17+/m1/s1. The maximum atomic E-state index is 12.7. The summed E-state index contributed by atoms with van der Waals surface area (Å²) >= 11 is 0. The van der Waals surface area contributed by atoms with Gasteiger partial charge in [-0.1, -0.05) is 50.1 Å². The van der Waals surface area contributed by atoms with Gasteiger partial charge in [-0.15, -0.1) is 0 Å². The summed E-state index contributed by atoms with van der Waals surface area (Å²) in [5.74, 6) is -0.456. The molecule has 2 fully saturated rings. The second-order valence-electron chi connectivity index (χ2n) is 6.51. The summed E-state index contributed by atoms with van der Waals surface area (Å²) in [7, 11) is 0. The summed E-state index contributed by atoms with van der Waals surface area (Å²) in [6.07, 6.45) is 0.744. The first-order chi connectivity index (χ1) is 10.4. The lowest BCUT2D eigenvalue weighted by Gasteiger charge is -2.34. The summed E-state index contributed by atoms with van der Waals surface area (Å²) in [5.41, 5.74) is -1.74. The van der Waals surface area contributed by atoms with Gasteiger partial charge in [0.15, 0.2) is 11.8 Å². The van der Waals surface area contributed by atoms with E-state index in [1.807, 2.05) is 30.3 Å². The van der Waals surface area contributed by atoms with Crippen LogP contribution in [0.3, 0.4) is 0 Å². The molecule has 2 N–H and O–H groups in total. The molecular formula is C17H23NO4. The largest absolute Gasteiger partial charge is 0.387 e. The van der Waals surface area contributed by atoms with Crippen LogP contribution in [0.5, 0.6) is 0 Å². The Morgan fingerprint density at radius 1 is 1.36 bits per heavy atom. The fraction of sp³-hybridized carbons (Fsp3) is 0.588. The number of nitrogens with zero attached hydrogens (tertiary/aromatic N) is 1. The molecule has 2 heterocycles. The molecule has 120 valence electrons. The first-order valence-corrected chi connectivity index (χ1v) is 7.86. The van der Waals surface area contributed by atoms with Crippen LogP contribution in [-0.2, 0) is 9.53 Å². The lowest BCUT2D eigenvalue weighted by molar-refractivity contribution is -0.152. The molecule has 22 heavy (non-hydrogen) atoms. The SMILES string of the molecule is CCCC[C@@]12CO[C@H](c3ccccc3)N1C(=O)[C@](C)(O)[C@@H]2O. The Hall–Kier alpha value is -1.43. The third-order valence-electron chi connectivity index (χ3n) is 4.95. The van der Waals surface area contributed by atoms with Crippen molar-refractivity contribution in [2.75, 3.05) is 6.61 Å². The molecular weight excluding hydrogens is 282 g/mol. The smallest absolute Gasteiger partial charge is 0.259 e. The number of aliphatic hydroxyl groups is 2. The number of amides is 1. The third kappa shape index (κ3) is 2.00. The highest BCUT2D eigenvalue weighted by atomic mass is 16.5. The number of unbranched alkanes of at least 4 members (excludes halogenated alkanes) is 1. The predicted octanol–water partition coefficient (Wildman–Crippen LogP) is 1.60. The number of rotatable bonds is 4. The average Bonchev–Trinajstić information content (AvgIpc) is 2.97. The molecule has 1 aromatic rings. The quantitative estimate of drug-likeness (QED) is 0.886. The first-order valence-electron chi connectivity index (χ1n) is 7.86. The minimum absolute atomic E-state index is 0.246. The molecule has 0 saturated carbocycles. The first kappa shape index (κ1) is 15.5. The molecule has 0 unspecified atom stereocenters. The number of hydrogen-bond donors (Lipinski definition) is 2. The molecule has 2 saturated heterocycles. The van der Waals surface area contributed by atoms with Crippen LogP contribution in [-0.4, -0.2) is 44.9 Å². The van der Waals surface area contributed by atoms with Gasteiger partial charge in [-0.2, -0.15) is 0 Å². The minimum Gasteiger partial charge on any atom is -0.387 e. The molecule has 0 spiro atoms. The van der Waals surface area contributed by atoms with Crippen LogP contribution in [0.2, 0.25) is 0 Å². The zero-order valence-corrected chi connectivity index (χ0v) is 13.0. The normalized spacial score (nSPS) is 37.6. The van der Waals surface area contributed by atoms with Crippen molar-refractivity contribution in [1.82, 2.24) is 4.90 Å². The van der Waals surface area contributed by atoms with Crippen LogP contribution in [0.25, 0.3) is 0 Å². The van der Waals surface area contributed by atoms with Crippen molar-refractivity contribution in [3.05, 3.63) is 35.9 Å². The van der Waals surface area contributed by atoms with Gasteiger partial charge >= 0.3 is 0 Å². The van der Waals surface area contributed by atoms with Crippen LogP contribution >= 0.6 is 0 Å². The Labute approximate surface area is 130 Å². The number of fused-ring (bicyclic) bond motifs is 1. The Bertz CT molecular complexity index is 559. The van der Waals surface area contributed by atoms with Crippen LogP contribution < -0.4 is 0 Å². The fourth-order valence-corrected chi connectivity index (χ4v) is 3.68. The Morgan fingerprint density at radius 3 is 2.68 bits per heavy atom. The third-order valence-corrected chi connectivity index (χ3v) is 4.95. The molecule has 4 atom stereocenters. The van der Waals surface area contributed by atoms with Gasteiger partial charge in [0.25, 0.3) is 5.91 Å². The number of carbonyl (C=O) groups excluding carboxylic acids is 1. The molecule has 1 aromatic carbocycles. The van der Waals surface area contributed by atoms with Crippen molar-refractivity contribution in [2.24, 2.45) is 0 Å². The highest BCUT2D eigenvalue weighted by Crippen LogP contribution is 2.50. The van der Waals surface area contributed by atoms with Gasteiger partial charge in [0, 0.05) is 5.56 Å². The molecule has 0 radical (unpaired) electrons. The van der Waals surface area contributed by atoms with E-state index in [9.17, 15) is 15.0 Å². The summed E-state index contributed by atoms with van der Waals surface area (Å²) in [5, 5.41) is 21.1. The molecule has 5 heteroatoms. The van der Waals surface area contributed by atoms with E-state index in [1.165, 1.54) is 6.92 Å². The van der Waals surface area contributed by atoms with Crippen LogP contribution in [0, 0.1) is 0 Å². The molecule has 1 amide bonds. The van der Waals surface area contributed by atoms with Crippen molar-refractivity contribution in [3.8, 4) is 0 Å². The highest BCUT2D eigenvalue weighted by Gasteiger charge is 2.68. The second-order valence-corrected chi connectivity index (χ2v) is 6.51. The number of ether oxygens (including phenoxy) is 1. The predicted molar refractivity (Wildman–Crippen MR) is 80.9 cm³/mol. The number of benzene rings is 1. The number of carbonyl (C=O) groups is 1. The van der Waals surface area contributed by atoms with Gasteiger partial charge in [-0.05, 0) is 13.3 Å². The van der Waals surface area contributed by atoms with Gasteiger partial charge < -0.3 is 14.9 Å². The van der Waals surface area contributed by atoms with E-state index in [4.69, 9.17) is 4.74 Å². The molecule has 2 aliphatic heterocycles. The van der Waals surface area contributed by atoms with Gasteiger partial charge in [0.2, 0.25) is 0 Å². The fourth-order valence-electron chi connectivity index (χ4n) is 3.68. The molecule has 0 aliphatic carbocycles. The zero-order chi connectivity index (χ0) is 16.0. The van der Waals surface area contributed by atoms with Crippen LogP contribution in [0.1, 0.15) is 44.9 Å². The Balaban J connectivity index is 2.02. The van der Waals surface area contributed by atoms with Gasteiger partial charge in [0.1, 0.15) is 6.10 Å². The van der Waals surface area contributed by atoms with Gasteiger partial charge in [-0.25, -0.2) is 0 Å². The molecule has 5 nitrogen and oxygen atoms in total. The molecule has 2 aliphatic rings. The summed E-state index contributed by atoms with van der Waals surface area (Å²) in [4.78, 5) is 14.3. The van der Waals surface area contributed by atoms with E-state index in [2.05, 4.69) is 6.92 Å². The summed E-state index contributed by atoms with van der Waals surface area (Å²) in [6.45, 7) is 3.70. The average molecular weight is 305 g/mol. The lowest BCUT2D eigenvalue weighted by Crippen LogP contribution is -2.52. The maximum absolute atomic E-state index is 12.7. The van der Waals surface area contributed by atoms with E-state index in [0.29, 0.717) is 6.42 Å². The van der Waals surface area contributed by atoms with Gasteiger partial charge in [0.05, 0.1) is 12.1 Å². The second kappa shape index (κ2) is 5.33. The van der Waals surface area contributed by atoms with E-state index < -0.39 is 29.4 Å². The number of hydrogen-bond acceptors (Lipinski definition) is 4. The van der Waals surface area contributed by atoms with E-state index in [-0.39, 0.29) is 6.61 Å². The van der Waals surface area contributed by atoms with Crippen LogP contribution in [0.15, 0.2) is 30.3 Å². The minimum atomic E-state index is -1.76. The highest BCUT2D eigenvalue weighted by molar-refractivity contribution is 5.90. The zero-order valence-electron chi connectivity index (χ0n) is 13.0. The molecule has 0 aromatic heterocycles. The van der Waals surface area contributed by atoms with Crippen molar-refractivity contribution < 1.29 is 19.7 Å². The van der Waals surface area contributed by atoms with Crippen LogP contribution in [0.4, 0.5) is 0 Å². The monoisotopic (exact) mass is 305 g/mol. The van der Waals surface area contributed by atoms with Crippen molar-refractivity contribution in [1.29, 1.82) is 0 Å². The Morgan fingerprint density at radius 2 is 2.05 bits per heavy atom. The van der Waals surface area contributed by atoms with Crippen molar-refractivity contribution >= 4 is 5.91 Å². The summed E-state index contributed by atoms with van der Waals surface area (Å²) < 4.78 is 5.87. The Kier molecular flexibility index (Phi) is 3.75. The van der Waals surface area contributed by atoms with Crippen molar-refractivity contribution in [3.63, 3.8) is 0 Å². The van der Waals surface area contributed by atoms with Gasteiger partial charge in [-0.3, -0.25) is 9.69 Å². The topological polar surface area (TPSA) is 70.0 Å².